The Bertz CT molecular complexity index is 2040. The first-order valence-electron chi connectivity index (χ1n) is 14.3. The van der Waals surface area contributed by atoms with Crippen LogP contribution in [0.5, 0.6) is 0 Å². The minimum atomic E-state index is -0.367. The van der Waals surface area contributed by atoms with Crippen LogP contribution >= 0.6 is 0 Å². The number of hydrogen-bond acceptors (Lipinski definition) is 8. The van der Waals surface area contributed by atoms with Crippen molar-refractivity contribution in [3.63, 3.8) is 0 Å². The number of nitrogens with zero attached hydrogens (tertiary/aromatic N) is 8. The van der Waals surface area contributed by atoms with Crippen molar-refractivity contribution in [1.82, 2.24) is 34.0 Å². The lowest BCUT2D eigenvalue weighted by atomic mass is 9.94. The van der Waals surface area contributed by atoms with E-state index in [4.69, 9.17) is 4.98 Å². The van der Waals surface area contributed by atoms with Crippen molar-refractivity contribution in [2.45, 2.75) is 20.8 Å². The molecule has 1 fully saturated rings. The van der Waals surface area contributed by atoms with E-state index in [0.717, 1.165) is 35.4 Å². The topological polar surface area (TPSA) is 114 Å². The Kier molecular flexibility index (Phi) is 6.30. The number of rotatable bonds is 4. The quantitative estimate of drug-likeness (QED) is 0.330. The van der Waals surface area contributed by atoms with E-state index < -0.39 is 0 Å². The van der Waals surface area contributed by atoms with E-state index in [1.807, 2.05) is 92.4 Å². The number of pyridine rings is 1. The van der Waals surface area contributed by atoms with E-state index in [0.29, 0.717) is 41.5 Å². The Morgan fingerprint density at radius 1 is 0.837 bits per heavy atom. The lowest BCUT2D eigenvalue weighted by Crippen LogP contribution is -2.51. The molecule has 2 aromatic carbocycles. The third-order valence-electron chi connectivity index (χ3n) is 7.74. The number of nitrogens with one attached hydrogen (secondary N) is 1. The molecular weight excluding hydrogens is 542 g/mol. The standard InChI is InChI=1S/C32H31N9O2/c1-32(2,3)30(43)39-18-16-38(17-19-39)22-13-11-21(12-14-22)35-31-34-20-24-27(37-31)36-28-23-8-4-5-9-25(23)40(41(28)29(24)42)26-10-6-7-15-33-26/h4-15,20H,16-19H2,1-3H3,(H,34,35,37). The van der Waals surface area contributed by atoms with E-state index in [1.165, 1.54) is 10.7 Å². The van der Waals surface area contributed by atoms with Crippen molar-refractivity contribution in [2.75, 3.05) is 36.4 Å². The van der Waals surface area contributed by atoms with Crippen LogP contribution in [0, 0.1) is 5.41 Å². The molecule has 0 unspecified atom stereocenters. The number of carbonyl (C=O) groups is 1. The molecule has 1 amide bonds. The largest absolute Gasteiger partial charge is 0.368 e. The van der Waals surface area contributed by atoms with E-state index in [-0.39, 0.29) is 16.9 Å². The van der Waals surface area contributed by atoms with Crippen LogP contribution in [0.25, 0.3) is 33.4 Å². The minimum Gasteiger partial charge on any atom is -0.368 e. The van der Waals surface area contributed by atoms with Crippen molar-refractivity contribution in [2.24, 2.45) is 5.41 Å². The monoisotopic (exact) mass is 573 g/mol. The second-order valence-corrected chi connectivity index (χ2v) is 11.7. The fourth-order valence-electron chi connectivity index (χ4n) is 5.57. The van der Waals surface area contributed by atoms with Gasteiger partial charge in [0.2, 0.25) is 11.9 Å². The highest BCUT2D eigenvalue weighted by atomic mass is 16.2. The van der Waals surface area contributed by atoms with Crippen LogP contribution in [0.2, 0.25) is 0 Å². The van der Waals surface area contributed by atoms with E-state index >= 15 is 0 Å². The molecule has 43 heavy (non-hydrogen) atoms. The molecule has 1 saturated heterocycles. The summed E-state index contributed by atoms with van der Waals surface area (Å²) < 4.78 is 3.30. The molecule has 0 atom stereocenters. The number of para-hydroxylation sites is 1. The van der Waals surface area contributed by atoms with Gasteiger partial charge in [0.15, 0.2) is 17.1 Å². The summed E-state index contributed by atoms with van der Waals surface area (Å²) in [6, 6.07) is 21.3. The number of piperazine rings is 1. The highest BCUT2D eigenvalue weighted by Gasteiger charge is 2.29. The molecule has 1 N–H and O–H groups in total. The van der Waals surface area contributed by atoms with Crippen molar-refractivity contribution in [1.29, 1.82) is 0 Å². The molecule has 4 aromatic heterocycles. The van der Waals surface area contributed by atoms with Crippen LogP contribution in [-0.4, -0.2) is 66.1 Å². The van der Waals surface area contributed by atoms with Gasteiger partial charge < -0.3 is 15.1 Å². The first kappa shape index (κ1) is 26.6. The molecule has 216 valence electrons. The predicted octanol–water partition coefficient (Wildman–Crippen LogP) is 4.41. The van der Waals surface area contributed by atoms with E-state index in [1.54, 1.807) is 10.9 Å². The normalized spacial score (nSPS) is 14.1. The highest BCUT2D eigenvalue weighted by molar-refractivity contribution is 5.95. The first-order valence-corrected chi connectivity index (χ1v) is 14.3. The van der Waals surface area contributed by atoms with Crippen molar-refractivity contribution >= 4 is 50.8 Å². The fourth-order valence-corrected chi connectivity index (χ4v) is 5.57. The van der Waals surface area contributed by atoms with Gasteiger partial charge in [0.1, 0.15) is 5.39 Å². The van der Waals surface area contributed by atoms with Gasteiger partial charge in [-0.3, -0.25) is 9.59 Å². The van der Waals surface area contributed by atoms with Gasteiger partial charge in [-0.05, 0) is 48.5 Å². The van der Waals surface area contributed by atoms with Gasteiger partial charge in [-0.1, -0.05) is 39.0 Å². The molecular formula is C32H31N9O2. The lowest BCUT2D eigenvalue weighted by Gasteiger charge is -2.38. The van der Waals surface area contributed by atoms with Gasteiger partial charge in [0.05, 0.1) is 5.52 Å². The van der Waals surface area contributed by atoms with Crippen LogP contribution in [0.1, 0.15) is 20.8 Å². The van der Waals surface area contributed by atoms with E-state index in [9.17, 15) is 9.59 Å². The lowest BCUT2D eigenvalue weighted by molar-refractivity contribution is -0.139. The minimum absolute atomic E-state index is 0.193. The Balaban J connectivity index is 1.16. The number of amides is 1. The molecule has 0 radical (unpaired) electrons. The molecule has 0 bridgehead atoms. The molecule has 1 aliphatic rings. The molecule has 0 aliphatic carbocycles. The number of hydrogen-bond donors (Lipinski definition) is 1. The smallest absolute Gasteiger partial charge is 0.284 e. The van der Waals surface area contributed by atoms with Gasteiger partial charge in [-0.25, -0.2) is 19.6 Å². The summed E-state index contributed by atoms with van der Waals surface area (Å²) >= 11 is 0. The molecule has 7 rings (SSSR count). The van der Waals surface area contributed by atoms with Gasteiger partial charge in [-0.2, -0.15) is 9.50 Å². The molecule has 0 saturated carbocycles. The molecule has 11 heteroatoms. The maximum Gasteiger partial charge on any atom is 0.284 e. The van der Waals surface area contributed by atoms with Gasteiger partial charge in [0, 0.05) is 60.7 Å². The maximum absolute atomic E-state index is 13.8. The molecule has 11 nitrogen and oxygen atoms in total. The number of benzene rings is 2. The van der Waals surface area contributed by atoms with Crippen molar-refractivity contribution in [3.05, 3.63) is 89.5 Å². The Morgan fingerprint density at radius 2 is 1.58 bits per heavy atom. The van der Waals surface area contributed by atoms with Gasteiger partial charge in [0.25, 0.3) is 5.56 Å². The Hall–Kier alpha value is -5.32. The zero-order valence-corrected chi connectivity index (χ0v) is 24.2. The molecule has 6 aromatic rings. The summed E-state index contributed by atoms with van der Waals surface area (Å²) in [7, 11) is 0. The SMILES string of the molecule is CC(C)(C)C(=O)N1CCN(c2ccc(Nc3ncc4c(=O)n5c(nc4n3)c3ccccc3n5-c3ccccn3)cc2)CC1. The van der Waals surface area contributed by atoms with Crippen LogP contribution in [0.4, 0.5) is 17.3 Å². The second kappa shape index (κ2) is 10.2. The number of aromatic nitrogens is 6. The maximum atomic E-state index is 13.8. The average Bonchev–Trinajstić information content (AvgIpc) is 3.36. The third kappa shape index (κ3) is 4.72. The summed E-state index contributed by atoms with van der Waals surface area (Å²) in [5.74, 6) is 1.15. The number of fused-ring (bicyclic) bond motifs is 4. The van der Waals surface area contributed by atoms with Crippen LogP contribution < -0.4 is 15.8 Å². The summed E-state index contributed by atoms with van der Waals surface area (Å²) in [6.07, 6.45) is 3.21. The molecule has 0 spiro atoms. The van der Waals surface area contributed by atoms with Crippen molar-refractivity contribution in [3.8, 4) is 5.82 Å². The molecule has 5 heterocycles. The summed E-state index contributed by atoms with van der Waals surface area (Å²) in [5, 5.41) is 4.37. The van der Waals surface area contributed by atoms with Crippen LogP contribution in [-0.2, 0) is 4.79 Å². The van der Waals surface area contributed by atoms with Gasteiger partial charge >= 0.3 is 0 Å². The summed E-state index contributed by atoms with van der Waals surface area (Å²) in [6.45, 7) is 8.88. The number of anilines is 3. The van der Waals surface area contributed by atoms with Crippen LogP contribution in [0.15, 0.2) is 83.9 Å². The summed E-state index contributed by atoms with van der Waals surface area (Å²) in [5.41, 5.74) is 2.89. The zero-order valence-electron chi connectivity index (χ0n) is 24.2. The van der Waals surface area contributed by atoms with Crippen molar-refractivity contribution < 1.29 is 4.79 Å². The average molecular weight is 574 g/mol. The predicted molar refractivity (Wildman–Crippen MR) is 167 cm³/mol. The fraction of sp³-hybridized carbons (Fsp3) is 0.250. The third-order valence-corrected chi connectivity index (χ3v) is 7.74. The molecule has 1 aliphatic heterocycles. The second-order valence-electron chi connectivity index (χ2n) is 11.7. The summed E-state index contributed by atoms with van der Waals surface area (Å²) in [4.78, 5) is 49.0. The zero-order chi connectivity index (χ0) is 29.7. The first-order chi connectivity index (χ1) is 20.8. The van der Waals surface area contributed by atoms with Gasteiger partial charge in [-0.15, -0.1) is 0 Å². The Morgan fingerprint density at radius 3 is 2.30 bits per heavy atom. The van der Waals surface area contributed by atoms with Crippen LogP contribution in [0.3, 0.4) is 0 Å². The van der Waals surface area contributed by atoms with E-state index in [2.05, 4.69) is 25.2 Å². The highest BCUT2D eigenvalue weighted by Crippen LogP contribution is 2.26. The number of carbonyl (C=O) groups excluding carboxylic acids is 1. The Labute approximate surface area is 247 Å².